The van der Waals surface area contributed by atoms with E-state index in [4.69, 9.17) is 4.42 Å². The van der Waals surface area contributed by atoms with E-state index >= 15 is 0 Å². The molecule has 0 fully saturated rings. The van der Waals surface area contributed by atoms with E-state index in [1.807, 2.05) is 66.1 Å². The Balaban J connectivity index is 0.000000152. The van der Waals surface area contributed by atoms with Crippen molar-refractivity contribution < 1.29 is 24.5 Å². The van der Waals surface area contributed by atoms with Gasteiger partial charge >= 0.3 is 0 Å². The molecule has 0 atom stereocenters. The van der Waals surface area contributed by atoms with Crippen LogP contribution in [0.25, 0.3) is 64.6 Å². The van der Waals surface area contributed by atoms with Gasteiger partial charge in [-0.1, -0.05) is 95.8 Å². The molecule has 43 heavy (non-hydrogen) atoms. The number of hydrogen-bond donors (Lipinski definition) is 0. The van der Waals surface area contributed by atoms with Crippen LogP contribution in [0.3, 0.4) is 0 Å². The zero-order valence-corrected chi connectivity index (χ0v) is 28.2. The Kier molecular flexibility index (Phi) is 8.12. The van der Waals surface area contributed by atoms with Crippen molar-refractivity contribution in [3.63, 3.8) is 0 Å². The number of hydrogen-bond acceptors (Lipinski definition) is 4. The van der Waals surface area contributed by atoms with E-state index in [1.54, 1.807) is 6.20 Å². The average molecular weight is 769 g/mol. The van der Waals surface area contributed by atoms with E-state index in [-0.39, 0.29) is 20.1 Å². The number of furan rings is 1. The van der Waals surface area contributed by atoms with Crippen molar-refractivity contribution in [1.82, 2.24) is 9.97 Å². The Morgan fingerprint density at radius 3 is 2.00 bits per heavy atom. The Labute approximate surface area is 269 Å². The second kappa shape index (κ2) is 12.0. The number of rotatable bonds is 3. The summed E-state index contributed by atoms with van der Waals surface area (Å²) in [5.41, 5.74) is 5.72. The molecule has 8 aromatic rings. The van der Waals surface area contributed by atoms with Gasteiger partial charge in [0.2, 0.25) is 0 Å². The summed E-state index contributed by atoms with van der Waals surface area (Å²) in [5, 5.41) is 6.30. The van der Waals surface area contributed by atoms with Gasteiger partial charge in [0, 0.05) is 42.6 Å². The van der Waals surface area contributed by atoms with Crippen LogP contribution >= 0.6 is 11.3 Å². The number of fused-ring (bicyclic) bond motifs is 6. The van der Waals surface area contributed by atoms with Gasteiger partial charge in [-0.3, -0.25) is 0 Å². The fourth-order valence-electron chi connectivity index (χ4n) is 5.30. The zero-order valence-electron chi connectivity index (χ0n) is 24.0. The maximum atomic E-state index is 6.22. The molecule has 0 saturated heterocycles. The maximum Gasteiger partial charge on any atom is 0.120 e. The van der Waals surface area contributed by atoms with Crippen molar-refractivity contribution >= 4 is 66.7 Å². The van der Waals surface area contributed by atoms with Gasteiger partial charge in [0.1, 0.15) is 5.58 Å². The molecule has 1 radical (unpaired) electrons. The summed E-state index contributed by atoms with van der Waals surface area (Å²) >= 11 is 1.81. The van der Waals surface area contributed by atoms with Gasteiger partial charge in [-0.15, -0.1) is 42.0 Å². The summed E-state index contributed by atoms with van der Waals surface area (Å²) in [6.45, 7) is 7.05. The molecule has 4 aromatic heterocycles. The van der Waals surface area contributed by atoms with Gasteiger partial charge in [0.15, 0.2) is 0 Å². The predicted octanol–water partition coefficient (Wildman–Crippen LogP) is 9.91. The minimum absolute atomic E-state index is 0. The largest absolute Gasteiger partial charge is 0.501 e. The molecule has 0 amide bonds. The smallest absolute Gasteiger partial charge is 0.120 e. The summed E-state index contributed by atoms with van der Waals surface area (Å²) in [5.74, 6) is 0. The first-order chi connectivity index (χ1) is 20.5. The monoisotopic (exact) mass is 769 g/mol. The number of pyridine rings is 2. The van der Waals surface area contributed by atoms with E-state index < -0.39 is 8.07 Å². The van der Waals surface area contributed by atoms with E-state index in [9.17, 15) is 0 Å². The van der Waals surface area contributed by atoms with Crippen molar-refractivity contribution in [2.24, 2.45) is 0 Å². The van der Waals surface area contributed by atoms with Gasteiger partial charge < -0.3 is 14.4 Å². The molecule has 8 rings (SSSR count). The fraction of sp³-hybridized carbons (Fsp3) is 0.0811. The normalized spacial score (nSPS) is 11.4. The number of benzene rings is 4. The van der Waals surface area contributed by atoms with E-state index in [2.05, 4.69) is 96.3 Å². The maximum absolute atomic E-state index is 6.22. The molecule has 4 heterocycles. The van der Waals surface area contributed by atoms with E-state index in [1.165, 1.54) is 25.4 Å². The van der Waals surface area contributed by atoms with Gasteiger partial charge in [0.05, 0.1) is 13.7 Å². The molecule has 3 nitrogen and oxygen atoms in total. The van der Waals surface area contributed by atoms with Crippen LogP contribution in [0.15, 0.2) is 120 Å². The van der Waals surface area contributed by atoms with Crippen molar-refractivity contribution in [2.45, 2.75) is 19.6 Å². The first-order valence-corrected chi connectivity index (χ1v) is 18.3. The minimum Gasteiger partial charge on any atom is -0.501 e. The van der Waals surface area contributed by atoms with Crippen LogP contribution in [0.4, 0.5) is 0 Å². The predicted molar refractivity (Wildman–Crippen MR) is 180 cm³/mol. The van der Waals surface area contributed by atoms with Crippen LogP contribution < -0.4 is 5.19 Å². The van der Waals surface area contributed by atoms with E-state index in [0.717, 1.165) is 44.5 Å². The van der Waals surface area contributed by atoms with Crippen molar-refractivity contribution in [3.8, 4) is 22.5 Å². The quantitative estimate of drug-likeness (QED) is 0.133. The molecule has 0 aliphatic heterocycles. The second-order valence-corrected chi connectivity index (χ2v) is 17.4. The molecule has 0 aliphatic rings. The molecule has 0 unspecified atom stereocenters. The molecule has 0 N–H and O–H groups in total. The molecule has 0 spiro atoms. The summed E-state index contributed by atoms with van der Waals surface area (Å²) in [7, 11) is -1.36. The summed E-state index contributed by atoms with van der Waals surface area (Å²) in [4.78, 5) is 8.89. The van der Waals surface area contributed by atoms with E-state index in [0.29, 0.717) is 0 Å². The summed E-state index contributed by atoms with van der Waals surface area (Å²) < 4.78 is 8.81. The zero-order chi connectivity index (χ0) is 28.7. The van der Waals surface area contributed by atoms with Crippen molar-refractivity contribution in [3.05, 3.63) is 128 Å². The van der Waals surface area contributed by atoms with Crippen molar-refractivity contribution in [2.75, 3.05) is 0 Å². The Morgan fingerprint density at radius 2 is 1.30 bits per heavy atom. The molecule has 0 bridgehead atoms. The number of aromatic nitrogens is 2. The second-order valence-electron chi connectivity index (χ2n) is 11.3. The number of nitrogens with zero attached hydrogens (tertiary/aromatic N) is 2. The van der Waals surface area contributed by atoms with Gasteiger partial charge in [-0.05, 0) is 45.7 Å². The molecule has 0 saturated carbocycles. The summed E-state index contributed by atoms with van der Waals surface area (Å²) in [6.07, 6.45) is 3.63. The topological polar surface area (TPSA) is 38.9 Å². The van der Waals surface area contributed by atoms with Crippen LogP contribution in [-0.4, -0.2) is 18.0 Å². The first kappa shape index (κ1) is 29.2. The van der Waals surface area contributed by atoms with Crippen LogP contribution in [0.1, 0.15) is 0 Å². The van der Waals surface area contributed by atoms with Crippen LogP contribution in [0.2, 0.25) is 19.6 Å². The molecule has 0 aliphatic carbocycles. The molecule has 213 valence electrons. The molecular formula is C37H28IrN2OSSi-2. The summed E-state index contributed by atoms with van der Waals surface area (Å²) in [6, 6.07) is 41.8. The molecular weight excluding hydrogens is 741 g/mol. The Hall–Kier alpha value is -3.93. The average Bonchev–Trinajstić information content (AvgIpc) is 3.60. The van der Waals surface area contributed by atoms with Crippen LogP contribution in [0, 0.1) is 12.1 Å². The van der Waals surface area contributed by atoms with Gasteiger partial charge in [-0.25, -0.2) is 0 Å². The van der Waals surface area contributed by atoms with Gasteiger partial charge in [0.25, 0.3) is 0 Å². The first-order valence-electron chi connectivity index (χ1n) is 14.0. The Bertz CT molecular complexity index is 2180. The SMILES string of the molecule is C[Si](C)(C)c1ccc2c(c1)oc1c(-c3ccccn3)[c-]ccc12.[Ir].[c-]1ccc2c(sc3ccccc32)c1-c1ccccn1. The van der Waals surface area contributed by atoms with Crippen LogP contribution in [-0.2, 0) is 20.1 Å². The third-order valence-electron chi connectivity index (χ3n) is 7.48. The third kappa shape index (κ3) is 5.60. The third-order valence-corrected chi connectivity index (χ3v) is 10.7. The van der Waals surface area contributed by atoms with Gasteiger partial charge in [-0.2, -0.15) is 11.3 Å². The van der Waals surface area contributed by atoms with Crippen LogP contribution in [0.5, 0.6) is 0 Å². The fourth-order valence-corrected chi connectivity index (χ4v) is 7.66. The minimum atomic E-state index is -1.36. The molecule has 6 heteroatoms. The number of thiophene rings is 1. The van der Waals surface area contributed by atoms with Crippen molar-refractivity contribution in [1.29, 1.82) is 0 Å². The Morgan fingerprint density at radius 1 is 0.651 bits per heavy atom. The molecule has 4 aromatic carbocycles. The standard InChI is InChI=1S/C20H18NOSi.C17H10NS.Ir/c1-23(2,3)14-10-11-15-16-7-6-8-17(18-9-4-5-12-21-18)20(16)22-19(15)13-14;1-2-10-16-12(6-1)13-7-5-8-14(17(13)19-16)15-9-3-4-11-18-15;/h4-7,9-13H,1-3H3;1-7,9-11H;/q2*-1;.